The first kappa shape index (κ1) is 20.7. The number of nitrogens with zero attached hydrogens (tertiary/aromatic N) is 3. The molecule has 0 radical (unpaired) electrons. The highest BCUT2D eigenvalue weighted by Gasteiger charge is 2.47. The minimum Gasteiger partial charge on any atom is -0.322 e. The molecule has 2 fully saturated rings. The number of para-hydroxylation sites is 2. The molecular formula is C21H27N5O3S. The van der Waals surface area contributed by atoms with E-state index in [9.17, 15) is 14.4 Å². The molecule has 160 valence electrons. The van der Waals surface area contributed by atoms with Gasteiger partial charge in [0.2, 0.25) is 5.91 Å². The number of hydrogen-bond acceptors (Lipinski definition) is 5. The Morgan fingerprint density at radius 1 is 1.27 bits per heavy atom. The number of imidazole rings is 1. The van der Waals surface area contributed by atoms with Crippen LogP contribution >= 0.6 is 11.8 Å². The number of rotatable bonds is 6. The van der Waals surface area contributed by atoms with Crippen molar-refractivity contribution in [3.8, 4) is 0 Å². The molecule has 2 heterocycles. The van der Waals surface area contributed by atoms with Crippen LogP contribution in [-0.2, 0) is 9.59 Å². The van der Waals surface area contributed by atoms with Crippen LogP contribution in [0.2, 0.25) is 0 Å². The van der Waals surface area contributed by atoms with Crippen molar-refractivity contribution in [2.75, 3.05) is 5.75 Å². The van der Waals surface area contributed by atoms with Crippen LogP contribution in [0.25, 0.3) is 11.0 Å². The Bertz CT molecular complexity index is 984. The first-order chi connectivity index (χ1) is 14.4. The molecule has 1 aliphatic heterocycles. The van der Waals surface area contributed by atoms with E-state index >= 15 is 0 Å². The van der Waals surface area contributed by atoms with Crippen LogP contribution in [0.4, 0.5) is 4.79 Å². The van der Waals surface area contributed by atoms with Gasteiger partial charge in [0.1, 0.15) is 5.54 Å². The SMILES string of the molecule is CCC1(C)NC(=O)N(NC(=O)CSc2nc3ccccc3n2C2CCCCC2)C1=O. The molecule has 1 saturated heterocycles. The van der Waals surface area contributed by atoms with E-state index in [0.717, 1.165) is 34.0 Å². The van der Waals surface area contributed by atoms with Crippen molar-refractivity contribution in [2.45, 2.75) is 69.1 Å². The number of carbonyl (C=O) groups is 3. The third kappa shape index (κ3) is 3.78. The number of hydrogen-bond donors (Lipinski definition) is 2. The second-order valence-electron chi connectivity index (χ2n) is 8.12. The number of nitrogens with one attached hydrogen (secondary N) is 2. The fraction of sp³-hybridized carbons (Fsp3) is 0.524. The lowest BCUT2D eigenvalue weighted by Crippen LogP contribution is -2.49. The topological polar surface area (TPSA) is 96.3 Å². The van der Waals surface area contributed by atoms with Gasteiger partial charge in [0.05, 0.1) is 16.8 Å². The van der Waals surface area contributed by atoms with Crippen molar-refractivity contribution < 1.29 is 14.4 Å². The molecule has 2 N–H and O–H groups in total. The Morgan fingerprint density at radius 2 is 2.00 bits per heavy atom. The molecule has 1 aromatic carbocycles. The third-order valence-electron chi connectivity index (χ3n) is 6.04. The molecule has 1 aliphatic carbocycles. The second kappa shape index (κ2) is 8.29. The lowest BCUT2D eigenvalue weighted by Gasteiger charge is -2.25. The van der Waals surface area contributed by atoms with Gasteiger partial charge >= 0.3 is 6.03 Å². The van der Waals surface area contributed by atoms with Crippen LogP contribution in [0, 0.1) is 0 Å². The van der Waals surface area contributed by atoms with E-state index in [2.05, 4.69) is 21.4 Å². The predicted molar refractivity (Wildman–Crippen MR) is 115 cm³/mol. The third-order valence-corrected chi connectivity index (χ3v) is 6.99. The highest BCUT2D eigenvalue weighted by atomic mass is 32.2. The Morgan fingerprint density at radius 3 is 2.70 bits per heavy atom. The van der Waals surface area contributed by atoms with E-state index in [1.807, 2.05) is 25.1 Å². The molecule has 2 aromatic rings. The summed E-state index contributed by atoms with van der Waals surface area (Å²) in [7, 11) is 0. The minimum atomic E-state index is -0.980. The van der Waals surface area contributed by atoms with Crippen LogP contribution in [0.3, 0.4) is 0 Å². The Balaban J connectivity index is 1.48. The number of hydrazine groups is 1. The molecule has 9 heteroatoms. The average Bonchev–Trinajstić information content (AvgIpc) is 3.23. The smallest absolute Gasteiger partial charge is 0.322 e. The molecule has 30 heavy (non-hydrogen) atoms. The van der Waals surface area contributed by atoms with E-state index in [1.165, 1.54) is 31.0 Å². The van der Waals surface area contributed by atoms with Crippen LogP contribution in [0.15, 0.2) is 29.4 Å². The molecule has 1 aromatic heterocycles. The maximum atomic E-state index is 12.5. The van der Waals surface area contributed by atoms with Crippen molar-refractivity contribution in [1.82, 2.24) is 25.3 Å². The van der Waals surface area contributed by atoms with Crippen molar-refractivity contribution in [1.29, 1.82) is 0 Å². The molecule has 1 saturated carbocycles. The maximum absolute atomic E-state index is 12.5. The minimum absolute atomic E-state index is 0.0654. The van der Waals surface area contributed by atoms with Gasteiger partial charge in [-0.2, -0.15) is 5.01 Å². The van der Waals surface area contributed by atoms with E-state index in [0.29, 0.717) is 12.5 Å². The quantitative estimate of drug-likeness (QED) is 0.542. The molecule has 4 amide bonds. The van der Waals surface area contributed by atoms with Gasteiger partial charge in [-0.1, -0.05) is 50.1 Å². The predicted octanol–water partition coefficient (Wildman–Crippen LogP) is 3.39. The molecule has 1 atom stereocenters. The summed E-state index contributed by atoms with van der Waals surface area (Å²) in [5.74, 6) is -0.787. The van der Waals surface area contributed by atoms with E-state index in [4.69, 9.17) is 4.98 Å². The van der Waals surface area contributed by atoms with Crippen LogP contribution in [-0.4, -0.2) is 43.7 Å². The van der Waals surface area contributed by atoms with Gasteiger partial charge < -0.3 is 9.88 Å². The lowest BCUT2D eigenvalue weighted by molar-refractivity contribution is -0.137. The molecule has 2 aliphatic rings. The van der Waals surface area contributed by atoms with Gasteiger partial charge in [-0.3, -0.25) is 15.0 Å². The molecule has 1 unspecified atom stereocenters. The average molecular weight is 430 g/mol. The second-order valence-corrected chi connectivity index (χ2v) is 9.07. The monoisotopic (exact) mass is 429 g/mol. The fourth-order valence-electron chi connectivity index (χ4n) is 4.13. The van der Waals surface area contributed by atoms with Crippen molar-refractivity contribution >= 4 is 40.6 Å². The van der Waals surface area contributed by atoms with E-state index in [-0.39, 0.29) is 5.75 Å². The number of aromatic nitrogens is 2. The summed E-state index contributed by atoms with van der Waals surface area (Å²) in [6.07, 6.45) is 6.32. The molecule has 0 bridgehead atoms. The van der Waals surface area contributed by atoms with E-state index < -0.39 is 23.4 Å². The molecular weight excluding hydrogens is 402 g/mol. The summed E-state index contributed by atoms with van der Waals surface area (Å²) in [4.78, 5) is 41.8. The summed E-state index contributed by atoms with van der Waals surface area (Å²) in [6.45, 7) is 3.47. The number of benzene rings is 1. The lowest BCUT2D eigenvalue weighted by atomic mass is 9.95. The number of thioether (sulfide) groups is 1. The van der Waals surface area contributed by atoms with Crippen LogP contribution in [0.1, 0.15) is 58.4 Å². The highest BCUT2D eigenvalue weighted by molar-refractivity contribution is 7.99. The van der Waals surface area contributed by atoms with E-state index in [1.54, 1.807) is 6.92 Å². The molecule has 0 spiro atoms. The van der Waals surface area contributed by atoms with Crippen LogP contribution < -0.4 is 10.7 Å². The maximum Gasteiger partial charge on any atom is 0.344 e. The largest absolute Gasteiger partial charge is 0.344 e. The number of imide groups is 1. The number of fused-ring (bicyclic) bond motifs is 1. The van der Waals surface area contributed by atoms with Gasteiger partial charge in [-0.05, 0) is 38.3 Å². The van der Waals surface area contributed by atoms with Gasteiger partial charge in [0.25, 0.3) is 5.91 Å². The summed E-state index contributed by atoms with van der Waals surface area (Å²) >= 11 is 1.34. The Labute approximate surface area is 179 Å². The summed E-state index contributed by atoms with van der Waals surface area (Å²) < 4.78 is 2.26. The van der Waals surface area contributed by atoms with Crippen molar-refractivity contribution in [3.05, 3.63) is 24.3 Å². The van der Waals surface area contributed by atoms with Crippen molar-refractivity contribution in [2.24, 2.45) is 0 Å². The normalized spacial score (nSPS) is 22.5. The summed E-state index contributed by atoms with van der Waals surface area (Å²) in [5.41, 5.74) is 3.47. The fourth-order valence-corrected chi connectivity index (χ4v) is 5.00. The number of urea groups is 1. The summed E-state index contributed by atoms with van der Waals surface area (Å²) in [5, 5.41) is 4.22. The summed E-state index contributed by atoms with van der Waals surface area (Å²) in [6, 6.07) is 7.80. The van der Waals surface area contributed by atoms with Crippen LogP contribution in [0.5, 0.6) is 0 Å². The first-order valence-electron chi connectivity index (χ1n) is 10.5. The number of amides is 4. The molecule has 4 rings (SSSR count). The van der Waals surface area contributed by atoms with Crippen molar-refractivity contribution in [3.63, 3.8) is 0 Å². The first-order valence-corrected chi connectivity index (χ1v) is 11.5. The van der Waals surface area contributed by atoms with Gasteiger partial charge in [-0.15, -0.1) is 0 Å². The van der Waals surface area contributed by atoms with Gasteiger partial charge in [0.15, 0.2) is 5.16 Å². The number of carbonyl (C=O) groups excluding carboxylic acids is 3. The standard InChI is InChI=1S/C21H27N5O3S/c1-3-21(2)18(28)26(19(29)23-21)24-17(27)13-30-20-22-15-11-7-8-12-16(15)25(20)14-9-5-4-6-10-14/h7-8,11-12,14H,3-6,9-10,13H2,1-2H3,(H,23,29)(H,24,27). The molecule has 8 nitrogen and oxygen atoms in total. The van der Waals surface area contributed by atoms with Gasteiger partial charge in [0, 0.05) is 6.04 Å². The zero-order chi connectivity index (χ0) is 21.3. The zero-order valence-electron chi connectivity index (χ0n) is 17.3. The Hall–Kier alpha value is -2.55. The Kier molecular flexibility index (Phi) is 5.73. The van der Waals surface area contributed by atoms with Gasteiger partial charge in [-0.25, -0.2) is 9.78 Å². The zero-order valence-corrected chi connectivity index (χ0v) is 18.1. The highest BCUT2D eigenvalue weighted by Crippen LogP contribution is 2.35.